The summed E-state index contributed by atoms with van der Waals surface area (Å²) in [5.74, 6) is 0.728. The molecular weight excluding hydrogens is 174 g/mol. The van der Waals surface area contributed by atoms with Crippen molar-refractivity contribution in [2.24, 2.45) is 5.73 Å². The summed E-state index contributed by atoms with van der Waals surface area (Å²) in [6.45, 7) is 2.80. The summed E-state index contributed by atoms with van der Waals surface area (Å²) < 4.78 is 2.11. The molecule has 0 amide bonds. The van der Waals surface area contributed by atoms with Crippen LogP contribution in [-0.2, 0) is 0 Å². The Kier molecular flexibility index (Phi) is 2.87. The van der Waals surface area contributed by atoms with E-state index in [0.29, 0.717) is 12.6 Å². The van der Waals surface area contributed by atoms with Crippen LogP contribution >= 0.6 is 0 Å². The van der Waals surface area contributed by atoms with Crippen LogP contribution in [0.3, 0.4) is 0 Å². The van der Waals surface area contributed by atoms with Gasteiger partial charge in [0.15, 0.2) is 0 Å². The largest absolute Gasteiger partial charge is 0.328 e. The van der Waals surface area contributed by atoms with E-state index in [1.807, 2.05) is 6.20 Å². The van der Waals surface area contributed by atoms with Gasteiger partial charge in [-0.05, 0) is 25.8 Å². The molecule has 1 atom stereocenters. The van der Waals surface area contributed by atoms with Crippen molar-refractivity contribution in [2.45, 2.75) is 44.6 Å². The van der Waals surface area contributed by atoms with Gasteiger partial charge < -0.3 is 5.73 Å². The molecule has 1 aromatic heterocycles. The molecule has 2 rings (SSSR count). The van der Waals surface area contributed by atoms with Crippen LogP contribution in [0.4, 0.5) is 0 Å². The highest BCUT2D eigenvalue weighted by Crippen LogP contribution is 2.34. The minimum Gasteiger partial charge on any atom is -0.328 e. The molecule has 3 heteroatoms. The highest BCUT2D eigenvalue weighted by Gasteiger charge is 2.21. The SMILES string of the molecule is CC(CN)n1nccc1C1CCCC1. The fourth-order valence-corrected chi connectivity index (χ4v) is 2.34. The Morgan fingerprint density at radius 3 is 2.93 bits per heavy atom. The van der Waals surface area contributed by atoms with Gasteiger partial charge in [0.05, 0.1) is 6.04 Å². The van der Waals surface area contributed by atoms with Gasteiger partial charge in [0, 0.05) is 24.4 Å². The van der Waals surface area contributed by atoms with Gasteiger partial charge in [0.25, 0.3) is 0 Å². The number of aromatic nitrogens is 2. The molecule has 78 valence electrons. The van der Waals surface area contributed by atoms with E-state index < -0.39 is 0 Å². The Morgan fingerprint density at radius 2 is 2.29 bits per heavy atom. The van der Waals surface area contributed by atoms with E-state index in [2.05, 4.69) is 22.8 Å². The highest BCUT2D eigenvalue weighted by atomic mass is 15.3. The third kappa shape index (κ3) is 1.69. The second kappa shape index (κ2) is 4.13. The molecule has 1 aromatic rings. The summed E-state index contributed by atoms with van der Waals surface area (Å²) in [6, 6.07) is 2.49. The number of rotatable bonds is 3. The van der Waals surface area contributed by atoms with Gasteiger partial charge in [-0.15, -0.1) is 0 Å². The van der Waals surface area contributed by atoms with Gasteiger partial charge in [0.1, 0.15) is 0 Å². The van der Waals surface area contributed by atoms with Crippen molar-refractivity contribution in [3.05, 3.63) is 18.0 Å². The van der Waals surface area contributed by atoms with E-state index in [0.717, 1.165) is 5.92 Å². The lowest BCUT2D eigenvalue weighted by atomic mass is 10.0. The van der Waals surface area contributed by atoms with Crippen molar-refractivity contribution in [1.29, 1.82) is 0 Å². The second-order valence-corrected chi connectivity index (χ2v) is 4.27. The van der Waals surface area contributed by atoms with Crippen molar-refractivity contribution < 1.29 is 0 Å². The van der Waals surface area contributed by atoms with Crippen molar-refractivity contribution in [2.75, 3.05) is 6.54 Å². The third-order valence-corrected chi connectivity index (χ3v) is 3.23. The molecule has 0 aromatic carbocycles. The Labute approximate surface area is 85.3 Å². The highest BCUT2D eigenvalue weighted by molar-refractivity contribution is 5.10. The number of nitrogens with two attached hydrogens (primary N) is 1. The molecule has 1 aliphatic rings. The molecule has 1 unspecified atom stereocenters. The first-order valence-corrected chi connectivity index (χ1v) is 5.56. The second-order valence-electron chi connectivity index (χ2n) is 4.27. The van der Waals surface area contributed by atoms with E-state index in [-0.39, 0.29) is 0 Å². The molecule has 14 heavy (non-hydrogen) atoms. The minimum atomic E-state index is 0.334. The topological polar surface area (TPSA) is 43.8 Å². The van der Waals surface area contributed by atoms with E-state index in [4.69, 9.17) is 5.73 Å². The first kappa shape index (κ1) is 9.71. The third-order valence-electron chi connectivity index (χ3n) is 3.23. The predicted molar refractivity (Wildman–Crippen MR) is 57.2 cm³/mol. The van der Waals surface area contributed by atoms with E-state index in [1.54, 1.807) is 0 Å². The van der Waals surface area contributed by atoms with Crippen LogP contribution < -0.4 is 5.73 Å². The van der Waals surface area contributed by atoms with E-state index >= 15 is 0 Å². The van der Waals surface area contributed by atoms with Crippen molar-refractivity contribution in [3.8, 4) is 0 Å². The lowest BCUT2D eigenvalue weighted by Gasteiger charge is -2.17. The van der Waals surface area contributed by atoms with Gasteiger partial charge >= 0.3 is 0 Å². The van der Waals surface area contributed by atoms with Gasteiger partial charge in [-0.2, -0.15) is 5.10 Å². The normalized spacial score (nSPS) is 20.1. The first-order valence-electron chi connectivity index (χ1n) is 5.56. The summed E-state index contributed by atoms with van der Waals surface area (Å²) in [6.07, 6.45) is 7.28. The molecule has 0 radical (unpaired) electrons. The maximum absolute atomic E-state index is 5.67. The smallest absolute Gasteiger partial charge is 0.0616 e. The molecule has 0 aliphatic heterocycles. The minimum absolute atomic E-state index is 0.334. The van der Waals surface area contributed by atoms with Crippen LogP contribution in [0.25, 0.3) is 0 Å². The predicted octanol–water partition coefficient (Wildman–Crippen LogP) is 2.06. The van der Waals surface area contributed by atoms with E-state index in [9.17, 15) is 0 Å². The quantitative estimate of drug-likeness (QED) is 0.798. The monoisotopic (exact) mass is 193 g/mol. The molecule has 3 nitrogen and oxygen atoms in total. The average molecular weight is 193 g/mol. The fourth-order valence-electron chi connectivity index (χ4n) is 2.34. The van der Waals surface area contributed by atoms with Crippen LogP contribution in [0.1, 0.15) is 50.3 Å². The van der Waals surface area contributed by atoms with Crippen LogP contribution in [0.5, 0.6) is 0 Å². The lowest BCUT2D eigenvalue weighted by molar-refractivity contribution is 0.462. The van der Waals surface area contributed by atoms with Crippen LogP contribution in [0, 0.1) is 0 Å². The zero-order valence-corrected chi connectivity index (χ0v) is 8.82. The van der Waals surface area contributed by atoms with Crippen LogP contribution in [0.15, 0.2) is 12.3 Å². The summed E-state index contributed by atoms with van der Waals surface area (Å²) in [7, 11) is 0. The van der Waals surface area contributed by atoms with Crippen LogP contribution in [0.2, 0.25) is 0 Å². The maximum Gasteiger partial charge on any atom is 0.0616 e. The molecule has 1 saturated carbocycles. The summed E-state index contributed by atoms with van der Waals surface area (Å²) in [4.78, 5) is 0. The maximum atomic E-state index is 5.67. The Bertz CT molecular complexity index is 286. The molecule has 1 heterocycles. The molecule has 1 fully saturated rings. The zero-order valence-electron chi connectivity index (χ0n) is 8.82. The summed E-state index contributed by atoms with van der Waals surface area (Å²) in [5.41, 5.74) is 7.06. The van der Waals surface area contributed by atoms with Gasteiger partial charge in [-0.3, -0.25) is 4.68 Å². The Hall–Kier alpha value is -0.830. The number of hydrogen-bond donors (Lipinski definition) is 1. The van der Waals surface area contributed by atoms with Gasteiger partial charge in [-0.1, -0.05) is 12.8 Å². The van der Waals surface area contributed by atoms with Crippen molar-refractivity contribution >= 4 is 0 Å². The van der Waals surface area contributed by atoms with Gasteiger partial charge in [0.2, 0.25) is 0 Å². The first-order chi connectivity index (χ1) is 6.83. The molecular formula is C11H19N3. The van der Waals surface area contributed by atoms with Crippen LogP contribution in [-0.4, -0.2) is 16.3 Å². The molecule has 1 aliphatic carbocycles. The zero-order chi connectivity index (χ0) is 9.97. The van der Waals surface area contributed by atoms with Crippen molar-refractivity contribution in [1.82, 2.24) is 9.78 Å². The van der Waals surface area contributed by atoms with Crippen molar-refractivity contribution in [3.63, 3.8) is 0 Å². The summed E-state index contributed by atoms with van der Waals surface area (Å²) in [5, 5.41) is 4.37. The lowest BCUT2D eigenvalue weighted by Crippen LogP contribution is -2.20. The Morgan fingerprint density at radius 1 is 1.57 bits per heavy atom. The number of hydrogen-bond acceptors (Lipinski definition) is 2. The molecule has 0 spiro atoms. The standard InChI is InChI=1S/C11H19N3/c1-9(8-12)14-11(6-7-13-14)10-4-2-3-5-10/h6-7,9-10H,2-5,8,12H2,1H3. The molecule has 0 saturated heterocycles. The Balaban J connectivity index is 2.19. The summed E-state index contributed by atoms with van der Waals surface area (Å²) >= 11 is 0. The molecule has 2 N–H and O–H groups in total. The average Bonchev–Trinajstić information content (AvgIpc) is 2.85. The number of nitrogens with zero attached hydrogens (tertiary/aromatic N) is 2. The van der Waals surface area contributed by atoms with Gasteiger partial charge in [-0.25, -0.2) is 0 Å². The van der Waals surface area contributed by atoms with E-state index in [1.165, 1.54) is 31.4 Å². The fraction of sp³-hybridized carbons (Fsp3) is 0.727. The molecule has 0 bridgehead atoms.